The summed E-state index contributed by atoms with van der Waals surface area (Å²) in [5, 5.41) is 9.40. The number of unbranched alkanes of at least 4 members (excludes halogenated alkanes) is 2. The Morgan fingerprint density at radius 1 is 0.844 bits per heavy atom. The van der Waals surface area contributed by atoms with Crippen molar-refractivity contribution in [2.45, 2.75) is 64.2 Å². The summed E-state index contributed by atoms with van der Waals surface area (Å²) in [7, 11) is 0. The number of hydrogen-bond donors (Lipinski definition) is 0. The Morgan fingerprint density at radius 2 is 1.59 bits per heavy atom. The second kappa shape index (κ2) is 10.6. The van der Waals surface area contributed by atoms with E-state index < -0.39 is 0 Å². The average molecular weight is 426 g/mol. The molecule has 0 atom stereocenters. The minimum absolute atomic E-state index is 0.245. The molecule has 0 heterocycles. The molecule has 0 N–H and O–H groups in total. The molecule has 0 saturated heterocycles. The number of halogens is 1. The molecule has 0 unspecified atom stereocenters. The van der Waals surface area contributed by atoms with Gasteiger partial charge in [0.2, 0.25) is 0 Å². The molecule has 3 aromatic carbocycles. The molecule has 32 heavy (non-hydrogen) atoms. The standard InChI is InChI=1S/C30H32FN/c1-2-3-4-7-22-10-13-24(14-11-22)25-15-17-26(18-16-25)29-20-23(21-32)12-19-27(29)28-8-5-6-9-30(28)31/h5-6,8-9,12,15-20,22,24H,2-4,7,10-11,13-14H2,1H3. The van der Waals surface area contributed by atoms with Crippen LogP contribution < -0.4 is 0 Å². The number of hydrogen-bond acceptors (Lipinski definition) is 1. The fourth-order valence-corrected chi connectivity index (χ4v) is 5.17. The van der Waals surface area contributed by atoms with Crippen molar-refractivity contribution in [1.29, 1.82) is 5.26 Å². The van der Waals surface area contributed by atoms with Gasteiger partial charge in [-0.1, -0.05) is 81.1 Å². The molecule has 164 valence electrons. The number of rotatable bonds is 7. The van der Waals surface area contributed by atoms with Gasteiger partial charge in [-0.25, -0.2) is 4.39 Å². The molecule has 0 radical (unpaired) electrons. The van der Waals surface area contributed by atoms with E-state index in [2.05, 4.69) is 37.3 Å². The Balaban J connectivity index is 1.54. The quantitative estimate of drug-likeness (QED) is 0.347. The van der Waals surface area contributed by atoms with Crippen molar-refractivity contribution in [2.24, 2.45) is 5.92 Å². The molecular weight excluding hydrogens is 393 g/mol. The highest BCUT2D eigenvalue weighted by Gasteiger charge is 2.22. The van der Waals surface area contributed by atoms with Crippen LogP contribution in [0.3, 0.4) is 0 Å². The molecule has 1 saturated carbocycles. The first-order valence-electron chi connectivity index (χ1n) is 12.1. The predicted octanol–water partition coefficient (Wildman–Crippen LogP) is 8.89. The first-order chi connectivity index (χ1) is 15.7. The third kappa shape index (κ3) is 5.10. The fourth-order valence-electron chi connectivity index (χ4n) is 5.17. The van der Waals surface area contributed by atoms with Gasteiger partial charge in [-0.15, -0.1) is 0 Å². The Bertz CT molecular complexity index is 1070. The zero-order valence-corrected chi connectivity index (χ0v) is 19.0. The van der Waals surface area contributed by atoms with Gasteiger partial charge in [0.05, 0.1) is 11.6 Å². The number of nitrogens with zero attached hydrogens (tertiary/aromatic N) is 1. The minimum atomic E-state index is -0.245. The van der Waals surface area contributed by atoms with Gasteiger partial charge in [-0.2, -0.15) is 5.26 Å². The topological polar surface area (TPSA) is 23.8 Å². The van der Waals surface area contributed by atoms with Crippen LogP contribution in [-0.2, 0) is 0 Å². The highest BCUT2D eigenvalue weighted by molar-refractivity contribution is 5.84. The third-order valence-corrected chi connectivity index (χ3v) is 7.07. The summed E-state index contributed by atoms with van der Waals surface area (Å²) in [6, 6.07) is 23.3. The van der Waals surface area contributed by atoms with Crippen LogP contribution in [0.25, 0.3) is 22.3 Å². The third-order valence-electron chi connectivity index (χ3n) is 7.07. The van der Waals surface area contributed by atoms with Crippen molar-refractivity contribution in [3.05, 3.63) is 83.7 Å². The Hall–Kier alpha value is -2.92. The first kappa shape index (κ1) is 22.3. The van der Waals surface area contributed by atoms with Crippen LogP contribution in [0, 0.1) is 23.1 Å². The van der Waals surface area contributed by atoms with Gasteiger partial charge < -0.3 is 0 Å². The molecule has 0 bridgehead atoms. The Labute approximate surface area is 191 Å². The lowest BCUT2D eigenvalue weighted by atomic mass is 9.77. The number of nitriles is 1. The van der Waals surface area contributed by atoms with E-state index in [1.54, 1.807) is 18.2 Å². The normalized spacial score (nSPS) is 18.3. The largest absolute Gasteiger partial charge is 0.206 e. The van der Waals surface area contributed by atoms with Crippen LogP contribution in [0.5, 0.6) is 0 Å². The maximum atomic E-state index is 14.5. The molecule has 0 spiro atoms. The van der Waals surface area contributed by atoms with Gasteiger partial charge in [-0.05, 0) is 78.0 Å². The van der Waals surface area contributed by atoms with Crippen LogP contribution in [0.15, 0.2) is 66.7 Å². The highest BCUT2D eigenvalue weighted by atomic mass is 19.1. The lowest BCUT2D eigenvalue weighted by molar-refractivity contribution is 0.303. The predicted molar refractivity (Wildman–Crippen MR) is 131 cm³/mol. The molecule has 1 nitrogen and oxygen atoms in total. The van der Waals surface area contributed by atoms with Crippen LogP contribution in [0.1, 0.15) is 75.3 Å². The zero-order chi connectivity index (χ0) is 22.3. The summed E-state index contributed by atoms with van der Waals surface area (Å²) in [6.07, 6.45) is 10.7. The zero-order valence-electron chi connectivity index (χ0n) is 19.0. The molecule has 3 aromatic rings. The maximum Gasteiger partial charge on any atom is 0.131 e. The second-order valence-corrected chi connectivity index (χ2v) is 9.19. The van der Waals surface area contributed by atoms with Gasteiger partial charge in [0, 0.05) is 5.56 Å². The van der Waals surface area contributed by atoms with Gasteiger partial charge in [0.1, 0.15) is 5.82 Å². The molecule has 4 rings (SSSR count). The Morgan fingerprint density at radius 3 is 2.28 bits per heavy atom. The monoisotopic (exact) mass is 425 g/mol. The van der Waals surface area contributed by atoms with E-state index in [0.29, 0.717) is 17.0 Å². The minimum Gasteiger partial charge on any atom is -0.206 e. The second-order valence-electron chi connectivity index (χ2n) is 9.19. The van der Waals surface area contributed by atoms with Crippen LogP contribution in [-0.4, -0.2) is 0 Å². The van der Waals surface area contributed by atoms with Crippen LogP contribution in [0.2, 0.25) is 0 Å². The van der Waals surface area contributed by atoms with Crippen LogP contribution in [0.4, 0.5) is 4.39 Å². The fraction of sp³-hybridized carbons (Fsp3) is 0.367. The maximum absolute atomic E-state index is 14.5. The number of benzene rings is 3. The van der Waals surface area contributed by atoms with Crippen molar-refractivity contribution in [3.63, 3.8) is 0 Å². The van der Waals surface area contributed by atoms with Gasteiger partial charge in [0.15, 0.2) is 0 Å². The smallest absolute Gasteiger partial charge is 0.131 e. The average Bonchev–Trinajstić information content (AvgIpc) is 2.85. The van der Waals surface area contributed by atoms with Crippen molar-refractivity contribution in [2.75, 3.05) is 0 Å². The van der Waals surface area contributed by atoms with E-state index in [1.807, 2.05) is 18.2 Å². The Kier molecular flexibility index (Phi) is 7.38. The lowest BCUT2D eigenvalue weighted by Gasteiger charge is -2.29. The van der Waals surface area contributed by atoms with E-state index in [0.717, 1.165) is 22.6 Å². The molecule has 0 aromatic heterocycles. The van der Waals surface area contributed by atoms with Gasteiger partial charge >= 0.3 is 0 Å². The summed E-state index contributed by atoms with van der Waals surface area (Å²) in [5.74, 6) is 1.31. The molecule has 2 heteroatoms. The summed E-state index contributed by atoms with van der Waals surface area (Å²) < 4.78 is 14.5. The molecular formula is C30H32FN. The summed E-state index contributed by atoms with van der Waals surface area (Å²) >= 11 is 0. The van der Waals surface area contributed by atoms with Crippen molar-refractivity contribution >= 4 is 0 Å². The van der Waals surface area contributed by atoms with Gasteiger partial charge in [0.25, 0.3) is 0 Å². The van der Waals surface area contributed by atoms with Crippen molar-refractivity contribution in [1.82, 2.24) is 0 Å². The summed E-state index contributed by atoms with van der Waals surface area (Å²) in [4.78, 5) is 0. The lowest BCUT2D eigenvalue weighted by Crippen LogP contribution is -2.13. The molecule has 1 fully saturated rings. The van der Waals surface area contributed by atoms with Crippen molar-refractivity contribution in [3.8, 4) is 28.3 Å². The van der Waals surface area contributed by atoms with E-state index >= 15 is 0 Å². The molecule has 1 aliphatic carbocycles. The summed E-state index contributed by atoms with van der Waals surface area (Å²) in [6.45, 7) is 2.27. The molecule has 0 amide bonds. The van der Waals surface area contributed by atoms with E-state index in [4.69, 9.17) is 0 Å². The van der Waals surface area contributed by atoms with E-state index in [-0.39, 0.29) is 5.82 Å². The summed E-state index contributed by atoms with van der Waals surface area (Å²) in [5.41, 5.74) is 5.31. The highest BCUT2D eigenvalue weighted by Crippen LogP contribution is 2.39. The molecule has 1 aliphatic rings. The SMILES string of the molecule is CCCCCC1CCC(c2ccc(-c3cc(C#N)ccc3-c3ccccc3F)cc2)CC1. The van der Waals surface area contributed by atoms with Crippen molar-refractivity contribution < 1.29 is 4.39 Å². The first-order valence-corrected chi connectivity index (χ1v) is 12.1. The van der Waals surface area contributed by atoms with E-state index in [9.17, 15) is 9.65 Å². The van der Waals surface area contributed by atoms with Crippen LogP contribution >= 0.6 is 0 Å². The van der Waals surface area contributed by atoms with E-state index in [1.165, 1.54) is 63.0 Å². The molecule has 0 aliphatic heterocycles. The van der Waals surface area contributed by atoms with Gasteiger partial charge in [-0.3, -0.25) is 0 Å².